The number of ether oxygens (including phenoxy) is 3. The lowest BCUT2D eigenvalue weighted by molar-refractivity contribution is -0.148. The SMILES string of the molecule is CCOC(=O)C(C(=O)OCC)=C(C(=O)OCC)C(=O)c1ccccc1. The Balaban J connectivity index is 3.57. The van der Waals surface area contributed by atoms with Gasteiger partial charge in [-0.15, -0.1) is 0 Å². The average molecular weight is 348 g/mol. The number of hydrogen-bond donors (Lipinski definition) is 0. The van der Waals surface area contributed by atoms with E-state index in [0.29, 0.717) is 0 Å². The molecule has 0 aromatic heterocycles. The van der Waals surface area contributed by atoms with E-state index in [2.05, 4.69) is 0 Å². The van der Waals surface area contributed by atoms with Crippen molar-refractivity contribution in [3.05, 3.63) is 47.0 Å². The van der Waals surface area contributed by atoms with Gasteiger partial charge in [-0.2, -0.15) is 0 Å². The summed E-state index contributed by atoms with van der Waals surface area (Å²) in [5.74, 6) is -4.15. The lowest BCUT2D eigenvalue weighted by atomic mass is 9.98. The lowest BCUT2D eigenvalue weighted by Gasteiger charge is -2.12. The van der Waals surface area contributed by atoms with Crippen molar-refractivity contribution in [2.45, 2.75) is 20.8 Å². The van der Waals surface area contributed by atoms with Gasteiger partial charge >= 0.3 is 17.9 Å². The fourth-order valence-electron chi connectivity index (χ4n) is 1.94. The van der Waals surface area contributed by atoms with Gasteiger partial charge in [-0.1, -0.05) is 30.3 Å². The van der Waals surface area contributed by atoms with Crippen LogP contribution in [0.25, 0.3) is 0 Å². The minimum atomic E-state index is -1.12. The Morgan fingerprint density at radius 1 is 0.680 bits per heavy atom. The molecule has 134 valence electrons. The molecule has 0 aliphatic heterocycles. The van der Waals surface area contributed by atoms with Crippen molar-refractivity contribution in [3.63, 3.8) is 0 Å². The number of benzene rings is 1. The predicted molar refractivity (Wildman–Crippen MR) is 87.7 cm³/mol. The van der Waals surface area contributed by atoms with Crippen LogP contribution in [0.1, 0.15) is 31.1 Å². The summed E-state index contributed by atoms with van der Waals surface area (Å²) >= 11 is 0. The first-order chi connectivity index (χ1) is 12.0. The smallest absolute Gasteiger partial charge is 0.346 e. The van der Waals surface area contributed by atoms with E-state index in [1.54, 1.807) is 18.2 Å². The van der Waals surface area contributed by atoms with Crippen LogP contribution in [0.5, 0.6) is 0 Å². The molecular weight excluding hydrogens is 328 g/mol. The molecule has 0 atom stereocenters. The Kier molecular flexibility index (Phi) is 8.05. The minimum Gasteiger partial charge on any atom is -0.462 e. The Labute approximate surface area is 145 Å². The molecule has 0 radical (unpaired) electrons. The highest BCUT2D eigenvalue weighted by atomic mass is 16.6. The quantitative estimate of drug-likeness (QED) is 0.177. The van der Waals surface area contributed by atoms with Crippen molar-refractivity contribution in [1.29, 1.82) is 0 Å². The Bertz CT molecular complexity index is 654. The third-order valence-corrected chi connectivity index (χ3v) is 2.95. The van der Waals surface area contributed by atoms with E-state index in [1.165, 1.54) is 32.9 Å². The maximum absolute atomic E-state index is 12.7. The zero-order chi connectivity index (χ0) is 18.8. The predicted octanol–water partition coefficient (Wildman–Crippen LogP) is 1.86. The van der Waals surface area contributed by atoms with Crippen molar-refractivity contribution in [2.24, 2.45) is 0 Å². The minimum absolute atomic E-state index is 0.0384. The van der Waals surface area contributed by atoms with Crippen LogP contribution in [0.3, 0.4) is 0 Å². The fourth-order valence-corrected chi connectivity index (χ4v) is 1.94. The zero-order valence-corrected chi connectivity index (χ0v) is 14.4. The summed E-state index contributed by atoms with van der Waals surface area (Å²) in [4.78, 5) is 49.5. The van der Waals surface area contributed by atoms with Gasteiger partial charge in [0.15, 0.2) is 5.57 Å². The first-order valence-electron chi connectivity index (χ1n) is 7.83. The van der Waals surface area contributed by atoms with Crippen LogP contribution in [0, 0.1) is 0 Å². The molecule has 0 amide bonds. The van der Waals surface area contributed by atoms with Gasteiger partial charge in [0.1, 0.15) is 5.57 Å². The van der Waals surface area contributed by atoms with Crippen molar-refractivity contribution in [2.75, 3.05) is 19.8 Å². The van der Waals surface area contributed by atoms with Crippen LogP contribution in [0.2, 0.25) is 0 Å². The second-order valence-electron chi connectivity index (χ2n) is 4.61. The third-order valence-electron chi connectivity index (χ3n) is 2.95. The van der Waals surface area contributed by atoms with Gasteiger partial charge in [-0.05, 0) is 20.8 Å². The molecule has 0 aliphatic carbocycles. The van der Waals surface area contributed by atoms with E-state index in [4.69, 9.17) is 14.2 Å². The molecule has 0 saturated heterocycles. The highest BCUT2D eigenvalue weighted by molar-refractivity contribution is 6.33. The van der Waals surface area contributed by atoms with Gasteiger partial charge in [-0.3, -0.25) is 4.79 Å². The molecule has 7 heteroatoms. The van der Waals surface area contributed by atoms with Gasteiger partial charge in [0.2, 0.25) is 5.78 Å². The van der Waals surface area contributed by atoms with Crippen LogP contribution >= 0.6 is 0 Å². The Morgan fingerprint density at radius 3 is 1.48 bits per heavy atom. The molecule has 0 spiro atoms. The molecule has 25 heavy (non-hydrogen) atoms. The third kappa shape index (κ3) is 5.27. The molecule has 1 aromatic carbocycles. The monoisotopic (exact) mass is 348 g/mol. The first-order valence-corrected chi connectivity index (χ1v) is 7.83. The standard InChI is InChI=1S/C18H20O7/c1-4-23-16(20)13(15(19)12-10-8-7-9-11-12)14(17(21)24-5-2)18(22)25-6-3/h7-11H,4-6H2,1-3H3. The summed E-state index contributed by atoms with van der Waals surface area (Å²) in [6.07, 6.45) is 0. The first kappa shape index (κ1) is 20.1. The molecular formula is C18H20O7. The highest BCUT2D eigenvalue weighted by Crippen LogP contribution is 2.18. The molecule has 0 fully saturated rings. The molecule has 0 heterocycles. The average Bonchev–Trinajstić information content (AvgIpc) is 2.60. The van der Waals surface area contributed by atoms with E-state index in [0.717, 1.165) is 0 Å². The van der Waals surface area contributed by atoms with Gasteiger partial charge in [0.25, 0.3) is 0 Å². The highest BCUT2D eigenvalue weighted by Gasteiger charge is 2.35. The molecule has 0 unspecified atom stereocenters. The summed E-state index contributed by atoms with van der Waals surface area (Å²) in [5, 5.41) is 0. The van der Waals surface area contributed by atoms with Gasteiger partial charge in [-0.25, -0.2) is 14.4 Å². The van der Waals surface area contributed by atoms with Crippen molar-refractivity contribution >= 4 is 23.7 Å². The second-order valence-corrected chi connectivity index (χ2v) is 4.61. The van der Waals surface area contributed by atoms with Gasteiger partial charge in [0, 0.05) is 5.56 Å². The van der Waals surface area contributed by atoms with E-state index < -0.39 is 34.8 Å². The zero-order valence-electron chi connectivity index (χ0n) is 14.4. The van der Waals surface area contributed by atoms with E-state index >= 15 is 0 Å². The molecule has 7 nitrogen and oxygen atoms in total. The number of carbonyl (C=O) groups excluding carboxylic acids is 4. The summed E-state index contributed by atoms with van der Waals surface area (Å²) < 4.78 is 14.5. The Hall–Kier alpha value is -2.96. The van der Waals surface area contributed by atoms with E-state index in [1.807, 2.05) is 0 Å². The molecule has 0 saturated carbocycles. The van der Waals surface area contributed by atoms with Crippen LogP contribution in [0.15, 0.2) is 41.5 Å². The summed E-state index contributed by atoms with van der Waals surface area (Å²) in [6.45, 7) is 4.47. The number of hydrogen-bond acceptors (Lipinski definition) is 7. The van der Waals surface area contributed by atoms with Gasteiger partial charge in [0.05, 0.1) is 19.8 Å². The van der Waals surface area contributed by atoms with Gasteiger partial charge < -0.3 is 14.2 Å². The number of Topliss-reactive ketones (excluding diaryl/α,β-unsaturated/α-hetero) is 1. The van der Waals surface area contributed by atoms with Crippen molar-refractivity contribution in [3.8, 4) is 0 Å². The fraction of sp³-hybridized carbons (Fsp3) is 0.333. The largest absolute Gasteiger partial charge is 0.462 e. The maximum Gasteiger partial charge on any atom is 0.346 e. The topological polar surface area (TPSA) is 96.0 Å². The van der Waals surface area contributed by atoms with Crippen LogP contribution in [-0.4, -0.2) is 43.5 Å². The number of carbonyl (C=O) groups is 4. The molecule has 1 aromatic rings. The van der Waals surface area contributed by atoms with Crippen molar-refractivity contribution < 1.29 is 33.4 Å². The van der Waals surface area contributed by atoms with Crippen LogP contribution in [0.4, 0.5) is 0 Å². The summed E-state index contributed by atoms with van der Waals surface area (Å²) in [5.41, 5.74) is -1.35. The maximum atomic E-state index is 12.7. The normalized spacial score (nSPS) is 9.72. The van der Waals surface area contributed by atoms with E-state index in [9.17, 15) is 19.2 Å². The number of ketones is 1. The van der Waals surface area contributed by atoms with Crippen LogP contribution in [-0.2, 0) is 28.6 Å². The Morgan fingerprint density at radius 2 is 1.08 bits per heavy atom. The number of esters is 3. The molecule has 1 rings (SSSR count). The lowest BCUT2D eigenvalue weighted by Crippen LogP contribution is -2.28. The molecule has 0 N–H and O–H groups in total. The number of rotatable bonds is 8. The van der Waals surface area contributed by atoms with Crippen molar-refractivity contribution in [1.82, 2.24) is 0 Å². The molecule has 0 aliphatic rings. The van der Waals surface area contributed by atoms with Crippen LogP contribution < -0.4 is 0 Å². The summed E-state index contributed by atoms with van der Waals surface area (Å²) in [6, 6.07) is 7.77. The second kappa shape index (κ2) is 10.0. The molecule has 0 bridgehead atoms. The summed E-state index contributed by atoms with van der Waals surface area (Å²) in [7, 11) is 0. The van der Waals surface area contributed by atoms with E-state index in [-0.39, 0.29) is 25.4 Å².